The summed E-state index contributed by atoms with van der Waals surface area (Å²) in [5.41, 5.74) is 4.47. The van der Waals surface area contributed by atoms with E-state index in [1.165, 1.54) is 0 Å². The molecular formula is C22H23NO5. The monoisotopic (exact) mass is 381 g/mol. The van der Waals surface area contributed by atoms with E-state index >= 15 is 0 Å². The van der Waals surface area contributed by atoms with Gasteiger partial charge in [-0.2, -0.15) is 0 Å². The van der Waals surface area contributed by atoms with E-state index in [4.69, 9.17) is 9.47 Å². The van der Waals surface area contributed by atoms with Gasteiger partial charge in [-0.15, -0.1) is 6.58 Å². The second-order valence-electron chi connectivity index (χ2n) is 6.51. The van der Waals surface area contributed by atoms with E-state index in [0.717, 1.165) is 22.3 Å². The van der Waals surface area contributed by atoms with E-state index in [-0.39, 0.29) is 25.6 Å². The molecule has 146 valence electrons. The van der Waals surface area contributed by atoms with Crippen LogP contribution in [-0.4, -0.2) is 43.0 Å². The van der Waals surface area contributed by atoms with Crippen LogP contribution in [0.1, 0.15) is 23.5 Å². The molecule has 28 heavy (non-hydrogen) atoms. The van der Waals surface area contributed by atoms with Gasteiger partial charge in [0.1, 0.15) is 12.6 Å². The molecule has 0 saturated carbocycles. The summed E-state index contributed by atoms with van der Waals surface area (Å²) >= 11 is 0. The molecule has 0 bridgehead atoms. The normalized spacial score (nSPS) is 13.3. The SMILES string of the molecule is C=CCOCCC(NC(=O)OCC1c2ccccc2-c2ccccc21)C(=O)O. The van der Waals surface area contributed by atoms with Crippen molar-refractivity contribution in [3.63, 3.8) is 0 Å². The van der Waals surface area contributed by atoms with Gasteiger partial charge in [-0.25, -0.2) is 9.59 Å². The van der Waals surface area contributed by atoms with Crippen molar-refractivity contribution in [2.45, 2.75) is 18.4 Å². The Kier molecular flexibility index (Phi) is 6.45. The van der Waals surface area contributed by atoms with Crippen LogP contribution in [0.2, 0.25) is 0 Å². The molecule has 1 aliphatic rings. The zero-order valence-corrected chi connectivity index (χ0v) is 15.5. The van der Waals surface area contributed by atoms with Crippen molar-refractivity contribution in [3.8, 4) is 11.1 Å². The fourth-order valence-electron chi connectivity index (χ4n) is 3.41. The van der Waals surface area contributed by atoms with E-state index in [1.807, 2.05) is 36.4 Å². The number of nitrogens with one attached hydrogen (secondary N) is 1. The number of rotatable bonds is 9. The van der Waals surface area contributed by atoms with Crippen molar-refractivity contribution in [3.05, 3.63) is 72.3 Å². The molecule has 1 aliphatic carbocycles. The Morgan fingerprint density at radius 2 is 1.71 bits per heavy atom. The summed E-state index contributed by atoms with van der Waals surface area (Å²) in [5, 5.41) is 11.7. The first kappa shape index (κ1) is 19.6. The van der Waals surface area contributed by atoms with Crippen LogP contribution in [0.4, 0.5) is 4.79 Å². The van der Waals surface area contributed by atoms with Gasteiger partial charge in [0.2, 0.25) is 0 Å². The van der Waals surface area contributed by atoms with Gasteiger partial charge in [-0.05, 0) is 22.3 Å². The Morgan fingerprint density at radius 3 is 2.29 bits per heavy atom. The molecule has 2 N–H and O–H groups in total. The van der Waals surface area contributed by atoms with Crippen molar-refractivity contribution < 1.29 is 24.2 Å². The van der Waals surface area contributed by atoms with Gasteiger partial charge in [0.05, 0.1) is 6.61 Å². The van der Waals surface area contributed by atoms with Gasteiger partial charge in [0.15, 0.2) is 0 Å². The number of hydrogen-bond donors (Lipinski definition) is 2. The van der Waals surface area contributed by atoms with Crippen molar-refractivity contribution in [1.82, 2.24) is 5.32 Å². The van der Waals surface area contributed by atoms with Gasteiger partial charge in [-0.3, -0.25) is 0 Å². The summed E-state index contributed by atoms with van der Waals surface area (Å²) in [5.74, 6) is -1.20. The molecule has 1 amide bonds. The summed E-state index contributed by atoms with van der Waals surface area (Å²) < 4.78 is 10.6. The van der Waals surface area contributed by atoms with Crippen LogP contribution < -0.4 is 5.32 Å². The molecule has 0 aromatic heterocycles. The smallest absolute Gasteiger partial charge is 0.407 e. The van der Waals surface area contributed by atoms with Crippen LogP contribution in [-0.2, 0) is 14.3 Å². The van der Waals surface area contributed by atoms with Gasteiger partial charge in [-0.1, -0.05) is 54.6 Å². The summed E-state index contributed by atoms with van der Waals surface area (Å²) in [6, 6.07) is 15.0. The Bertz CT molecular complexity index is 818. The third kappa shape index (κ3) is 4.40. The molecule has 3 rings (SSSR count). The molecule has 1 unspecified atom stereocenters. The minimum Gasteiger partial charge on any atom is -0.480 e. The standard InChI is InChI=1S/C22H23NO5/c1-2-12-27-13-11-20(21(24)25)23-22(26)28-14-19-17-9-5-3-7-15(17)16-8-4-6-10-18(16)19/h2-10,19-20H,1,11-14H2,(H,23,26)(H,24,25). The van der Waals surface area contributed by atoms with Crippen LogP contribution >= 0.6 is 0 Å². The first-order chi connectivity index (χ1) is 13.6. The molecule has 1 atom stereocenters. The number of fused-ring (bicyclic) bond motifs is 3. The number of ether oxygens (including phenoxy) is 2. The molecule has 0 saturated heterocycles. The largest absolute Gasteiger partial charge is 0.480 e. The van der Waals surface area contributed by atoms with Crippen LogP contribution in [0.25, 0.3) is 11.1 Å². The van der Waals surface area contributed by atoms with E-state index in [2.05, 4.69) is 24.0 Å². The maximum absolute atomic E-state index is 12.2. The molecule has 0 aliphatic heterocycles. The number of carboxylic acids is 1. The van der Waals surface area contributed by atoms with Crippen LogP contribution in [0.5, 0.6) is 0 Å². The average molecular weight is 381 g/mol. The number of carbonyl (C=O) groups is 2. The maximum Gasteiger partial charge on any atom is 0.407 e. The topological polar surface area (TPSA) is 84.9 Å². The van der Waals surface area contributed by atoms with Crippen LogP contribution in [0.15, 0.2) is 61.2 Å². The van der Waals surface area contributed by atoms with Crippen LogP contribution in [0.3, 0.4) is 0 Å². The molecule has 0 fully saturated rings. The summed E-state index contributed by atoms with van der Waals surface area (Å²) in [6.07, 6.45) is 0.972. The van der Waals surface area contributed by atoms with Crippen LogP contribution in [0, 0.1) is 0 Å². The molecule has 0 radical (unpaired) electrons. The number of carboxylic acid groups (broad SMARTS) is 1. The van der Waals surface area contributed by atoms with E-state index in [9.17, 15) is 14.7 Å². The number of amides is 1. The lowest BCUT2D eigenvalue weighted by Crippen LogP contribution is -2.42. The highest BCUT2D eigenvalue weighted by Crippen LogP contribution is 2.44. The summed E-state index contributed by atoms with van der Waals surface area (Å²) in [6.45, 7) is 4.19. The zero-order valence-electron chi connectivity index (χ0n) is 15.5. The second-order valence-corrected chi connectivity index (χ2v) is 6.51. The van der Waals surface area contributed by atoms with Crippen molar-refractivity contribution in [1.29, 1.82) is 0 Å². The van der Waals surface area contributed by atoms with Gasteiger partial charge >= 0.3 is 12.1 Å². The van der Waals surface area contributed by atoms with Crippen molar-refractivity contribution in [2.75, 3.05) is 19.8 Å². The molecule has 6 nitrogen and oxygen atoms in total. The first-order valence-electron chi connectivity index (χ1n) is 9.14. The number of benzene rings is 2. The third-order valence-corrected chi connectivity index (χ3v) is 4.72. The van der Waals surface area contributed by atoms with Gasteiger partial charge < -0.3 is 19.9 Å². The Labute approximate surface area is 163 Å². The molecule has 2 aromatic carbocycles. The Morgan fingerprint density at radius 1 is 1.11 bits per heavy atom. The lowest BCUT2D eigenvalue weighted by atomic mass is 9.98. The number of alkyl carbamates (subject to hydrolysis) is 1. The predicted octanol–water partition coefficient (Wildman–Crippen LogP) is 3.57. The average Bonchev–Trinajstić information content (AvgIpc) is 3.02. The van der Waals surface area contributed by atoms with Gasteiger partial charge in [0, 0.05) is 18.9 Å². The lowest BCUT2D eigenvalue weighted by Gasteiger charge is -2.17. The highest BCUT2D eigenvalue weighted by atomic mass is 16.5. The molecule has 6 heteroatoms. The number of aliphatic carboxylic acids is 1. The molecule has 2 aromatic rings. The predicted molar refractivity (Wildman–Crippen MR) is 105 cm³/mol. The molecule has 0 spiro atoms. The molecule has 0 heterocycles. The maximum atomic E-state index is 12.2. The Balaban J connectivity index is 1.61. The summed E-state index contributed by atoms with van der Waals surface area (Å²) in [7, 11) is 0. The highest BCUT2D eigenvalue weighted by molar-refractivity contribution is 5.81. The fourth-order valence-corrected chi connectivity index (χ4v) is 3.41. The first-order valence-corrected chi connectivity index (χ1v) is 9.14. The fraction of sp³-hybridized carbons (Fsp3) is 0.273. The van der Waals surface area contributed by atoms with E-state index in [1.54, 1.807) is 6.08 Å². The van der Waals surface area contributed by atoms with E-state index < -0.39 is 18.1 Å². The lowest BCUT2D eigenvalue weighted by molar-refractivity contribution is -0.139. The zero-order chi connectivity index (χ0) is 19.9. The molecular weight excluding hydrogens is 358 g/mol. The number of hydrogen-bond acceptors (Lipinski definition) is 4. The highest BCUT2D eigenvalue weighted by Gasteiger charge is 2.29. The number of carbonyl (C=O) groups excluding carboxylic acids is 1. The minimum absolute atomic E-state index is 0.0719. The Hall–Kier alpha value is -3.12. The van der Waals surface area contributed by atoms with Gasteiger partial charge in [0.25, 0.3) is 0 Å². The third-order valence-electron chi connectivity index (χ3n) is 4.72. The van der Waals surface area contributed by atoms with Crippen molar-refractivity contribution >= 4 is 12.1 Å². The minimum atomic E-state index is -1.13. The summed E-state index contributed by atoms with van der Waals surface area (Å²) in [4.78, 5) is 23.5. The quantitative estimate of drug-likeness (QED) is 0.512. The second kappa shape index (κ2) is 9.19. The van der Waals surface area contributed by atoms with E-state index in [0.29, 0.717) is 6.61 Å². The van der Waals surface area contributed by atoms with Crippen molar-refractivity contribution in [2.24, 2.45) is 0 Å².